The first-order valence-corrected chi connectivity index (χ1v) is 6.60. The van der Waals surface area contributed by atoms with Crippen LogP contribution in [0.3, 0.4) is 0 Å². The molecular weight excluding hydrogens is 260 g/mol. The highest BCUT2D eigenvalue weighted by Crippen LogP contribution is 2.04. The number of hydrogen-bond acceptors (Lipinski definition) is 6. The van der Waals surface area contributed by atoms with Gasteiger partial charge < -0.3 is 9.47 Å². The van der Waals surface area contributed by atoms with Crippen LogP contribution < -0.4 is 0 Å². The van der Waals surface area contributed by atoms with Gasteiger partial charge in [0, 0.05) is 5.57 Å². The summed E-state index contributed by atoms with van der Waals surface area (Å²) in [5, 5.41) is 0. The van der Waals surface area contributed by atoms with E-state index in [9.17, 15) is 9.59 Å². The van der Waals surface area contributed by atoms with Gasteiger partial charge in [0.15, 0.2) is 0 Å². The summed E-state index contributed by atoms with van der Waals surface area (Å²) in [6, 6.07) is 0. The van der Waals surface area contributed by atoms with Crippen molar-refractivity contribution in [3.05, 3.63) is 12.2 Å². The number of rotatable bonds is 9. The molecule has 0 aromatic heterocycles. The van der Waals surface area contributed by atoms with E-state index < -0.39 is 11.9 Å². The zero-order valence-electron chi connectivity index (χ0n) is 9.68. The lowest BCUT2D eigenvalue weighted by Gasteiger charge is -2.06. The van der Waals surface area contributed by atoms with E-state index >= 15 is 0 Å². The average Bonchev–Trinajstić information content (AvgIpc) is 2.29. The van der Waals surface area contributed by atoms with E-state index in [0.29, 0.717) is 31.0 Å². The highest BCUT2D eigenvalue weighted by molar-refractivity contribution is 7.80. The van der Waals surface area contributed by atoms with Crippen LogP contribution in [0.5, 0.6) is 0 Å². The van der Waals surface area contributed by atoms with Crippen LogP contribution in [-0.2, 0) is 19.1 Å². The number of esters is 2. The summed E-state index contributed by atoms with van der Waals surface area (Å²) in [4.78, 5) is 22.6. The first-order valence-electron chi connectivity index (χ1n) is 5.34. The number of thiol groups is 2. The Morgan fingerprint density at radius 3 is 2.06 bits per heavy atom. The fourth-order valence-electron chi connectivity index (χ4n) is 0.879. The Morgan fingerprint density at radius 1 is 1.00 bits per heavy atom. The molecule has 0 radical (unpaired) electrons. The van der Waals surface area contributed by atoms with Gasteiger partial charge in [-0.05, 0) is 24.3 Å². The highest BCUT2D eigenvalue weighted by Gasteiger charge is 2.13. The second kappa shape index (κ2) is 10.5. The number of ether oxygens (including phenoxy) is 2. The molecule has 0 aliphatic rings. The van der Waals surface area contributed by atoms with E-state index in [-0.39, 0.29) is 18.6 Å². The van der Waals surface area contributed by atoms with E-state index in [1.165, 1.54) is 0 Å². The summed E-state index contributed by atoms with van der Waals surface area (Å²) >= 11 is 7.97. The maximum Gasteiger partial charge on any atom is 0.333 e. The van der Waals surface area contributed by atoms with Crippen LogP contribution in [0, 0.1) is 0 Å². The Morgan fingerprint density at radius 2 is 1.53 bits per heavy atom. The molecule has 0 unspecified atom stereocenters. The predicted molar refractivity (Wildman–Crippen MR) is 72.6 cm³/mol. The van der Waals surface area contributed by atoms with Crippen LogP contribution in [0.1, 0.15) is 19.3 Å². The van der Waals surface area contributed by atoms with Gasteiger partial charge in [0.25, 0.3) is 0 Å². The van der Waals surface area contributed by atoms with Crippen molar-refractivity contribution < 1.29 is 19.1 Å². The molecule has 6 heteroatoms. The largest absolute Gasteiger partial charge is 0.465 e. The summed E-state index contributed by atoms with van der Waals surface area (Å²) < 4.78 is 9.72. The number of carbonyl (C=O) groups excluding carboxylic acids is 2. The van der Waals surface area contributed by atoms with Crippen molar-refractivity contribution in [3.8, 4) is 0 Å². The van der Waals surface area contributed by atoms with Crippen LogP contribution in [0.2, 0.25) is 0 Å². The van der Waals surface area contributed by atoms with Crippen LogP contribution in [0.4, 0.5) is 0 Å². The molecule has 0 aliphatic carbocycles. The monoisotopic (exact) mass is 278 g/mol. The summed E-state index contributed by atoms with van der Waals surface area (Å²) in [5.74, 6) is 0.270. The lowest BCUT2D eigenvalue weighted by atomic mass is 10.2. The smallest absolute Gasteiger partial charge is 0.333 e. The van der Waals surface area contributed by atoms with E-state index in [1.807, 2.05) is 0 Å². The first kappa shape index (κ1) is 16.4. The normalized spacial score (nSPS) is 9.76. The van der Waals surface area contributed by atoms with Gasteiger partial charge in [-0.1, -0.05) is 6.58 Å². The molecule has 0 heterocycles. The van der Waals surface area contributed by atoms with Crippen molar-refractivity contribution in [2.24, 2.45) is 0 Å². The fraction of sp³-hybridized carbons (Fsp3) is 0.636. The molecule has 0 saturated carbocycles. The maximum atomic E-state index is 11.3. The Balaban J connectivity index is 3.75. The van der Waals surface area contributed by atoms with Gasteiger partial charge in [-0.3, -0.25) is 4.79 Å². The lowest BCUT2D eigenvalue weighted by molar-refractivity contribution is -0.146. The van der Waals surface area contributed by atoms with E-state index in [4.69, 9.17) is 9.47 Å². The Kier molecular flexibility index (Phi) is 10.1. The van der Waals surface area contributed by atoms with Gasteiger partial charge in [-0.25, -0.2) is 4.79 Å². The van der Waals surface area contributed by atoms with Crippen molar-refractivity contribution in [3.63, 3.8) is 0 Å². The zero-order chi connectivity index (χ0) is 13.1. The third-order valence-electron chi connectivity index (χ3n) is 1.75. The van der Waals surface area contributed by atoms with Crippen molar-refractivity contribution in [1.29, 1.82) is 0 Å². The molecule has 0 saturated heterocycles. The van der Waals surface area contributed by atoms with Crippen molar-refractivity contribution in [1.82, 2.24) is 0 Å². The van der Waals surface area contributed by atoms with Gasteiger partial charge in [0.05, 0.1) is 19.6 Å². The minimum Gasteiger partial charge on any atom is -0.465 e. The summed E-state index contributed by atoms with van der Waals surface area (Å²) in [6.45, 7) is 4.09. The second-order valence-electron chi connectivity index (χ2n) is 3.29. The summed E-state index contributed by atoms with van der Waals surface area (Å²) in [5.41, 5.74) is 0.111. The fourth-order valence-corrected chi connectivity index (χ4v) is 1.14. The Bertz CT molecular complexity index is 266. The first-order chi connectivity index (χ1) is 8.11. The second-order valence-corrected chi connectivity index (χ2v) is 4.19. The third-order valence-corrected chi connectivity index (χ3v) is 2.38. The van der Waals surface area contributed by atoms with Gasteiger partial charge in [-0.15, -0.1) is 0 Å². The Labute approximate surface area is 113 Å². The van der Waals surface area contributed by atoms with Crippen LogP contribution in [0.15, 0.2) is 12.2 Å². The van der Waals surface area contributed by atoms with Gasteiger partial charge in [-0.2, -0.15) is 25.3 Å². The molecule has 0 rings (SSSR count). The molecule has 0 spiro atoms. The Hall–Kier alpha value is -0.620. The van der Waals surface area contributed by atoms with E-state index in [2.05, 4.69) is 31.8 Å². The standard InChI is InChI=1S/C11H18O4S2/c1-9(11(13)15-5-3-7-17)8-10(12)14-4-2-6-16/h16-17H,1-8H2. The molecule has 98 valence electrons. The van der Waals surface area contributed by atoms with Crippen LogP contribution in [0.25, 0.3) is 0 Å². The molecule has 0 aliphatic heterocycles. The zero-order valence-corrected chi connectivity index (χ0v) is 11.5. The third kappa shape index (κ3) is 9.12. The van der Waals surface area contributed by atoms with Gasteiger partial charge in [0.2, 0.25) is 0 Å². The van der Waals surface area contributed by atoms with Crippen molar-refractivity contribution >= 4 is 37.2 Å². The topological polar surface area (TPSA) is 52.6 Å². The molecule has 17 heavy (non-hydrogen) atoms. The van der Waals surface area contributed by atoms with Crippen molar-refractivity contribution in [2.75, 3.05) is 24.7 Å². The van der Waals surface area contributed by atoms with E-state index in [0.717, 1.165) is 0 Å². The highest BCUT2D eigenvalue weighted by atomic mass is 32.1. The predicted octanol–water partition coefficient (Wildman–Crippen LogP) is 1.66. The van der Waals surface area contributed by atoms with E-state index in [1.54, 1.807) is 0 Å². The minimum absolute atomic E-state index is 0.111. The summed E-state index contributed by atoms with van der Waals surface area (Å²) in [6.07, 6.45) is 1.23. The molecule has 0 aromatic carbocycles. The molecule has 0 bridgehead atoms. The van der Waals surface area contributed by atoms with Crippen LogP contribution >= 0.6 is 25.3 Å². The van der Waals surface area contributed by atoms with Crippen molar-refractivity contribution in [2.45, 2.75) is 19.3 Å². The van der Waals surface area contributed by atoms with Crippen LogP contribution in [-0.4, -0.2) is 36.7 Å². The summed E-state index contributed by atoms with van der Waals surface area (Å²) in [7, 11) is 0. The average molecular weight is 278 g/mol. The van der Waals surface area contributed by atoms with Gasteiger partial charge in [0.1, 0.15) is 0 Å². The molecule has 0 amide bonds. The molecular formula is C11H18O4S2. The SMILES string of the molecule is C=C(CC(=O)OCCCS)C(=O)OCCCS. The molecule has 0 fully saturated rings. The molecule has 0 atom stereocenters. The maximum absolute atomic E-state index is 11.3. The molecule has 0 aromatic rings. The number of hydrogen-bond donors (Lipinski definition) is 2. The molecule has 0 N–H and O–H groups in total. The molecule has 4 nitrogen and oxygen atoms in total. The quantitative estimate of drug-likeness (QED) is 0.291. The minimum atomic E-state index is -0.557. The lowest BCUT2D eigenvalue weighted by Crippen LogP contribution is -2.14. The van der Waals surface area contributed by atoms with Gasteiger partial charge >= 0.3 is 11.9 Å². The number of carbonyl (C=O) groups is 2.